The van der Waals surface area contributed by atoms with Gasteiger partial charge in [0.2, 0.25) is 0 Å². The molecule has 0 radical (unpaired) electrons. The molecule has 17 atom stereocenters. The van der Waals surface area contributed by atoms with Crippen molar-refractivity contribution in [3.8, 4) is 0 Å². The van der Waals surface area contributed by atoms with Crippen LogP contribution in [0.1, 0.15) is 120 Å². The number of rotatable bonds is 11. The Morgan fingerprint density at radius 2 is 1.66 bits per heavy atom. The monoisotopic (exact) mass is 710 g/mol. The number of carbonyl (C=O) groups is 1. The third-order valence-electron chi connectivity index (χ3n) is 13.2. The number of carboxylic acid groups (broad SMARTS) is 1. The molecule has 1 spiro atoms. The average molecular weight is 711 g/mol. The first-order valence-electron chi connectivity index (χ1n) is 19.3. The Morgan fingerprint density at radius 1 is 0.960 bits per heavy atom. The molecule has 288 valence electrons. The minimum atomic E-state index is -1.57. The second-order valence-corrected chi connectivity index (χ2v) is 17.6. The van der Waals surface area contributed by atoms with Gasteiger partial charge in [-0.05, 0) is 89.9 Å². The van der Waals surface area contributed by atoms with E-state index >= 15 is 0 Å². The molecule has 0 amide bonds. The molecule has 0 aliphatic carbocycles. The van der Waals surface area contributed by atoms with Crippen molar-refractivity contribution in [3.05, 3.63) is 11.6 Å². The Bertz CT molecular complexity index is 1230. The summed E-state index contributed by atoms with van der Waals surface area (Å²) in [5, 5.41) is 52.3. The van der Waals surface area contributed by atoms with Crippen LogP contribution in [0.5, 0.6) is 0 Å². The second-order valence-electron chi connectivity index (χ2n) is 17.6. The van der Waals surface area contributed by atoms with Crippen LogP contribution >= 0.6 is 0 Å². The van der Waals surface area contributed by atoms with Gasteiger partial charge in [0, 0.05) is 29.7 Å². The lowest BCUT2D eigenvalue weighted by Crippen LogP contribution is -2.57. The van der Waals surface area contributed by atoms with Gasteiger partial charge in [-0.1, -0.05) is 47.6 Å². The average Bonchev–Trinajstić information content (AvgIpc) is 3.71. The van der Waals surface area contributed by atoms with E-state index in [9.17, 15) is 30.3 Å². The van der Waals surface area contributed by atoms with Gasteiger partial charge in [-0.15, -0.1) is 0 Å². The first-order chi connectivity index (χ1) is 23.3. The van der Waals surface area contributed by atoms with Gasteiger partial charge in [0.25, 0.3) is 0 Å². The molecule has 0 bridgehead atoms. The molecule has 11 nitrogen and oxygen atoms in total. The van der Waals surface area contributed by atoms with Crippen LogP contribution in [0, 0.1) is 35.5 Å². The number of carboxylic acids is 1. The van der Waals surface area contributed by atoms with Gasteiger partial charge in [-0.3, -0.25) is 0 Å². The molecule has 5 N–H and O–H groups in total. The quantitative estimate of drug-likeness (QED) is 0.184. The van der Waals surface area contributed by atoms with Crippen molar-refractivity contribution in [2.75, 3.05) is 6.61 Å². The number of aliphatic hydroxyl groups is 4. The lowest BCUT2D eigenvalue weighted by atomic mass is 9.78. The molecule has 5 aliphatic heterocycles. The van der Waals surface area contributed by atoms with E-state index in [4.69, 9.17) is 23.7 Å². The molecule has 0 aromatic heterocycles. The Kier molecular flexibility index (Phi) is 12.0. The number of aliphatic carboxylic acids is 1. The van der Waals surface area contributed by atoms with E-state index in [0.29, 0.717) is 37.7 Å². The van der Waals surface area contributed by atoms with Crippen molar-refractivity contribution in [1.29, 1.82) is 0 Å². The maximum absolute atomic E-state index is 11.3. The van der Waals surface area contributed by atoms with Crippen molar-refractivity contribution >= 4 is 5.97 Å². The fourth-order valence-corrected chi connectivity index (χ4v) is 10.2. The minimum Gasteiger partial charge on any atom is -0.478 e. The summed E-state index contributed by atoms with van der Waals surface area (Å²) in [5.74, 6) is -3.61. The molecule has 5 saturated heterocycles. The van der Waals surface area contributed by atoms with E-state index in [1.54, 1.807) is 13.0 Å². The molecule has 5 fully saturated rings. The third-order valence-corrected chi connectivity index (χ3v) is 13.2. The predicted octanol–water partition coefficient (Wildman–Crippen LogP) is 4.96. The van der Waals surface area contributed by atoms with Crippen LogP contribution in [-0.2, 0) is 28.5 Å². The van der Waals surface area contributed by atoms with Crippen molar-refractivity contribution in [2.45, 2.75) is 186 Å². The molecular weight excluding hydrogens is 644 g/mol. The molecule has 5 aliphatic rings. The van der Waals surface area contributed by atoms with Crippen LogP contribution < -0.4 is 0 Å². The third kappa shape index (κ3) is 7.73. The van der Waals surface area contributed by atoms with Crippen LogP contribution in [0.3, 0.4) is 0 Å². The Morgan fingerprint density at radius 3 is 2.32 bits per heavy atom. The van der Waals surface area contributed by atoms with E-state index in [1.165, 1.54) is 0 Å². The topological polar surface area (TPSA) is 164 Å². The van der Waals surface area contributed by atoms with E-state index < -0.39 is 47.6 Å². The smallest absolute Gasteiger partial charge is 0.330 e. The van der Waals surface area contributed by atoms with Gasteiger partial charge in [0.1, 0.15) is 0 Å². The van der Waals surface area contributed by atoms with E-state index in [0.717, 1.165) is 25.7 Å². The molecular formula is C39H66O11. The van der Waals surface area contributed by atoms with Crippen LogP contribution in [0.4, 0.5) is 0 Å². The maximum atomic E-state index is 11.3. The Hall–Kier alpha value is -1.15. The molecule has 5 rings (SSSR count). The number of allylic oxidation sites excluding steroid dienone is 1. The van der Waals surface area contributed by atoms with Crippen molar-refractivity contribution < 1.29 is 54.0 Å². The summed E-state index contributed by atoms with van der Waals surface area (Å²) in [6.45, 7) is 17.6. The predicted molar refractivity (Wildman–Crippen MR) is 186 cm³/mol. The van der Waals surface area contributed by atoms with Crippen LogP contribution in [0.2, 0.25) is 0 Å². The van der Waals surface area contributed by atoms with E-state index in [2.05, 4.69) is 34.6 Å². The van der Waals surface area contributed by atoms with E-state index in [-0.39, 0.29) is 66.0 Å². The summed E-state index contributed by atoms with van der Waals surface area (Å²) >= 11 is 0. The highest BCUT2D eigenvalue weighted by atomic mass is 16.7. The Labute approximate surface area is 299 Å². The zero-order valence-corrected chi connectivity index (χ0v) is 31.8. The lowest BCUT2D eigenvalue weighted by Gasteiger charge is -2.49. The maximum Gasteiger partial charge on any atom is 0.330 e. The summed E-state index contributed by atoms with van der Waals surface area (Å²) < 4.78 is 33.7. The number of hydrogen-bond donors (Lipinski definition) is 5. The highest BCUT2D eigenvalue weighted by molar-refractivity contribution is 5.85. The van der Waals surface area contributed by atoms with E-state index in [1.807, 2.05) is 20.8 Å². The van der Waals surface area contributed by atoms with Gasteiger partial charge in [0.05, 0.1) is 60.5 Å². The summed E-state index contributed by atoms with van der Waals surface area (Å²) in [5.41, 5.74) is -0.914. The van der Waals surface area contributed by atoms with Crippen LogP contribution in [0.15, 0.2) is 11.6 Å². The van der Waals surface area contributed by atoms with Crippen LogP contribution in [0.25, 0.3) is 0 Å². The lowest BCUT2D eigenvalue weighted by molar-refractivity contribution is -0.350. The standard InChI is InChI=1S/C39H66O11/c1-21(14-24(4)35(43)44)10-11-28(41)17-29-18-30(42)27(7)39(47-29)26(6)19-37(9,50-39)32-12-13-36(8,48-32)34-23(3)16-31(46-34)33-22(2)15-25(5)38(45,20-40)49-33/h14,21-23,25-34,40-42,45H,10-13,15-20H2,1-9H3,(H,43,44)/b24-14+/t21-,22-,23-,25+,26+,27+,28+,29+,30+,31+,32+,33-,34+,36-,37-,38-,39+/m0/s1. The van der Waals surface area contributed by atoms with Gasteiger partial charge < -0.3 is 49.2 Å². The molecule has 0 unspecified atom stereocenters. The number of ether oxygens (including phenoxy) is 5. The first-order valence-corrected chi connectivity index (χ1v) is 19.3. The molecule has 0 aromatic rings. The normalized spacial score (nSPS) is 49.8. The fourth-order valence-electron chi connectivity index (χ4n) is 10.2. The molecule has 50 heavy (non-hydrogen) atoms. The van der Waals surface area contributed by atoms with Crippen molar-refractivity contribution in [2.24, 2.45) is 35.5 Å². The van der Waals surface area contributed by atoms with Gasteiger partial charge in [0.15, 0.2) is 11.6 Å². The molecule has 0 saturated carbocycles. The van der Waals surface area contributed by atoms with Crippen molar-refractivity contribution in [3.63, 3.8) is 0 Å². The molecule has 11 heteroatoms. The zero-order valence-electron chi connectivity index (χ0n) is 31.8. The number of aliphatic hydroxyl groups excluding tert-OH is 3. The highest BCUT2D eigenvalue weighted by Gasteiger charge is 2.64. The summed E-state index contributed by atoms with van der Waals surface area (Å²) in [6.07, 6.45) is 4.84. The minimum absolute atomic E-state index is 0.0173. The summed E-state index contributed by atoms with van der Waals surface area (Å²) in [7, 11) is 0. The SMILES string of the molecule is C/C(=C\[C@@H](C)CC[C@@H](O)C[C@@H]1C[C@@H](O)[C@@H](C)[C@]2(O1)O[C@](C)([C@H]1CC[C@@](C)([C@@H]3O[C@@H]([C@H]4O[C@@](O)(CO)[C@H](C)C[C@@H]4C)C[C@@H]3C)O1)C[C@H]2C)C(=O)O. The van der Waals surface area contributed by atoms with Crippen molar-refractivity contribution in [1.82, 2.24) is 0 Å². The van der Waals surface area contributed by atoms with Crippen LogP contribution in [-0.4, -0.2) is 104 Å². The fraction of sp³-hybridized carbons (Fsp3) is 0.923. The summed E-state index contributed by atoms with van der Waals surface area (Å²) in [6, 6.07) is 0. The molecule has 0 aromatic carbocycles. The summed E-state index contributed by atoms with van der Waals surface area (Å²) in [4.78, 5) is 11.2. The Balaban J connectivity index is 1.22. The number of hydrogen-bond acceptors (Lipinski definition) is 10. The first kappa shape index (κ1) is 40.0. The van der Waals surface area contributed by atoms with Gasteiger partial charge in [-0.2, -0.15) is 0 Å². The van der Waals surface area contributed by atoms with Gasteiger partial charge in [-0.25, -0.2) is 4.79 Å². The molecule has 5 heterocycles. The second kappa shape index (κ2) is 14.9. The van der Waals surface area contributed by atoms with Gasteiger partial charge >= 0.3 is 5.97 Å². The highest BCUT2D eigenvalue weighted by Crippen LogP contribution is 2.56. The largest absolute Gasteiger partial charge is 0.478 e. The zero-order chi connectivity index (χ0) is 37.0.